The summed E-state index contributed by atoms with van der Waals surface area (Å²) in [5.74, 6) is 0.695. The molecule has 0 aliphatic rings. The van der Waals surface area contributed by atoms with Crippen LogP contribution >= 0.6 is 0 Å². The summed E-state index contributed by atoms with van der Waals surface area (Å²) in [5, 5.41) is 0. The van der Waals surface area contributed by atoms with Crippen LogP contribution in [-0.4, -0.2) is 12.6 Å². The van der Waals surface area contributed by atoms with Crippen LogP contribution in [0, 0.1) is 6.92 Å². The van der Waals surface area contributed by atoms with Crippen LogP contribution in [-0.2, 0) is 10.2 Å². The molecule has 4 aromatic carbocycles. The third-order valence-electron chi connectivity index (χ3n) is 5.90. The Hall–Kier alpha value is -3.85. The van der Waals surface area contributed by atoms with Gasteiger partial charge in [-0.1, -0.05) is 98.3 Å². The molecule has 4 rings (SSSR count). The molecule has 4 aromatic rings. The molecule has 0 aromatic heterocycles. The number of aryl methyl sites for hydroxylation is 1. The highest BCUT2D eigenvalue weighted by Crippen LogP contribution is 2.32. The Labute approximate surface area is 195 Å². The van der Waals surface area contributed by atoms with Crippen molar-refractivity contribution in [2.24, 2.45) is 0 Å². The van der Waals surface area contributed by atoms with E-state index in [0.29, 0.717) is 11.5 Å². The third-order valence-corrected chi connectivity index (χ3v) is 5.90. The number of esters is 1. The van der Waals surface area contributed by atoms with Gasteiger partial charge in [0.05, 0.1) is 0 Å². The predicted octanol–water partition coefficient (Wildman–Crippen LogP) is 6.97. The molecule has 0 amide bonds. The minimum Gasteiger partial charge on any atom is -0.482 e. The molecule has 0 radical (unpaired) electrons. The van der Waals surface area contributed by atoms with Crippen LogP contribution in [0.15, 0.2) is 103 Å². The van der Waals surface area contributed by atoms with Crippen molar-refractivity contribution in [3.05, 3.63) is 120 Å². The van der Waals surface area contributed by atoms with Crippen LogP contribution in [0.2, 0.25) is 0 Å². The maximum atomic E-state index is 12.2. The normalized spacial score (nSPS) is 11.1. The molecule has 0 spiro atoms. The summed E-state index contributed by atoms with van der Waals surface area (Å²) in [4.78, 5) is 12.2. The summed E-state index contributed by atoms with van der Waals surface area (Å²) in [6.45, 7) is 6.30. The van der Waals surface area contributed by atoms with Gasteiger partial charge in [-0.3, -0.25) is 0 Å². The Morgan fingerprint density at radius 3 is 1.79 bits per heavy atom. The molecular weight excluding hydrogens is 408 g/mol. The van der Waals surface area contributed by atoms with E-state index in [1.165, 1.54) is 16.7 Å². The second-order valence-corrected chi connectivity index (χ2v) is 8.67. The average molecular weight is 437 g/mol. The zero-order valence-electron chi connectivity index (χ0n) is 19.2. The zero-order chi connectivity index (χ0) is 23.3. The molecule has 0 heterocycles. The van der Waals surface area contributed by atoms with E-state index in [1.54, 1.807) is 12.1 Å². The Morgan fingerprint density at radius 2 is 1.18 bits per heavy atom. The predicted molar refractivity (Wildman–Crippen MR) is 133 cm³/mol. The van der Waals surface area contributed by atoms with E-state index in [4.69, 9.17) is 9.47 Å². The summed E-state index contributed by atoms with van der Waals surface area (Å²) < 4.78 is 11.1. The van der Waals surface area contributed by atoms with Gasteiger partial charge in [-0.25, -0.2) is 4.79 Å². The number of hydrogen-bond donors (Lipinski definition) is 0. The molecule has 3 heteroatoms. The topological polar surface area (TPSA) is 35.5 Å². The fourth-order valence-electron chi connectivity index (χ4n) is 3.75. The van der Waals surface area contributed by atoms with E-state index in [2.05, 4.69) is 69.3 Å². The SMILES string of the molecule is Cc1ccc(-c2ccc(OC(=O)COc3ccc(C(C)(C)c4ccccc4)cc3)cc2)cc1. The quantitative estimate of drug-likeness (QED) is 0.232. The second kappa shape index (κ2) is 9.74. The molecule has 0 fully saturated rings. The zero-order valence-corrected chi connectivity index (χ0v) is 19.2. The van der Waals surface area contributed by atoms with Gasteiger partial charge in [0, 0.05) is 5.41 Å². The number of carbonyl (C=O) groups is 1. The van der Waals surface area contributed by atoms with Gasteiger partial charge in [0.15, 0.2) is 6.61 Å². The first kappa shape index (κ1) is 22.3. The van der Waals surface area contributed by atoms with Crippen molar-refractivity contribution < 1.29 is 14.3 Å². The van der Waals surface area contributed by atoms with Gasteiger partial charge in [-0.15, -0.1) is 0 Å². The number of ether oxygens (including phenoxy) is 2. The smallest absolute Gasteiger partial charge is 0.349 e. The van der Waals surface area contributed by atoms with E-state index in [1.807, 2.05) is 42.5 Å². The van der Waals surface area contributed by atoms with Gasteiger partial charge in [0.2, 0.25) is 0 Å². The first-order valence-corrected chi connectivity index (χ1v) is 11.1. The molecule has 0 bridgehead atoms. The van der Waals surface area contributed by atoms with Crippen molar-refractivity contribution in [3.8, 4) is 22.6 Å². The van der Waals surface area contributed by atoms with Crippen molar-refractivity contribution in [3.63, 3.8) is 0 Å². The van der Waals surface area contributed by atoms with Crippen LogP contribution < -0.4 is 9.47 Å². The molecule has 0 aliphatic heterocycles. The second-order valence-electron chi connectivity index (χ2n) is 8.67. The minimum atomic E-state index is -0.438. The van der Waals surface area contributed by atoms with Gasteiger partial charge in [0.25, 0.3) is 0 Å². The van der Waals surface area contributed by atoms with Crippen LogP contribution in [0.4, 0.5) is 0 Å². The summed E-state index contributed by atoms with van der Waals surface area (Å²) in [7, 11) is 0. The van der Waals surface area contributed by atoms with Crippen molar-refractivity contribution in [1.82, 2.24) is 0 Å². The fourth-order valence-corrected chi connectivity index (χ4v) is 3.75. The molecule has 0 aliphatic carbocycles. The molecule has 3 nitrogen and oxygen atoms in total. The summed E-state index contributed by atoms with van der Waals surface area (Å²) >= 11 is 0. The highest BCUT2D eigenvalue weighted by atomic mass is 16.6. The van der Waals surface area contributed by atoms with Crippen LogP contribution in [0.25, 0.3) is 11.1 Å². The van der Waals surface area contributed by atoms with E-state index >= 15 is 0 Å². The lowest BCUT2D eigenvalue weighted by atomic mass is 9.78. The van der Waals surface area contributed by atoms with E-state index in [9.17, 15) is 4.79 Å². The lowest BCUT2D eigenvalue weighted by Crippen LogP contribution is -2.19. The monoisotopic (exact) mass is 436 g/mol. The first-order valence-electron chi connectivity index (χ1n) is 11.1. The third kappa shape index (κ3) is 5.50. The van der Waals surface area contributed by atoms with Gasteiger partial charge in [-0.2, -0.15) is 0 Å². The van der Waals surface area contributed by atoms with Crippen LogP contribution in [0.5, 0.6) is 11.5 Å². The highest BCUT2D eigenvalue weighted by molar-refractivity contribution is 5.74. The van der Waals surface area contributed by atoms with E-state index in [0.717, 1.165) is 11.1 Å². The number of rotatable bonds is 7. The molecule has 0 saturated carbocycles. The van der Waals surface area contributed by atoms with E-state index < -0.39 is 5.97 Å². The van der Waals surface area contributed by atoms with E-state index in [-0.39, 0.29) is 12.0 Å². The Balaban J connectivity index is 1.32. The number of benzene rings is 4. The molecule has 33 heavy (non-hydrogen) atoms. The highest BCUT2D eigenvalue weighted by Gasteiger charge is 2.22. The lowest BCUT2D eigenvalue weighted by Gasteiger charge is -2.26. The molecule has 0 unspecified atom stereocenters. The first-order chi connectivity index (χ1) is 15.9. The number of hydrogen-bond acceptors (Lipinski definition) is 3. The molecule has 0 N–H and O–H groups in total. The van der Waals surface area contributed by atoms with Gasteiger partial charge >= 0.3 is 5.97 Å². The maximum Gasteiger partial charge on any atom is 0.349 e. The maximum absolute atomic E-state index is 12.2. The Morgan fingerprint density at radius 1 is 0.667 bits per heavy atom. The van der Waals surface area contributed by atoms with Crippen LogP contribution in [0.3, 0.4) is 0 Å². The standard InChI is InChI=1S/C30H28O3/c1-22-9-11-23(12-10-22)24-13-17-28(18-14-24)33-29(31)21-32-27-19-15-26(16-20-27)30(2,3)25-7-5-4-6-8-25/h4-20H,21H2,1-3H3. The largest absolute Gasteiger partial charge is 0.482 e. The van der Waals surface area contributed by atoms with Gasteiger partial charge in [0.1, 0.15) is 11.5 Å². The van der Waals surface area contributed by atoms with Crippen molar-refractivity contribution in [2.75, 3.05) is 6.61 Å². The molecule has 0 atom stereocenters. The lowest BCUT2D eigenvalue weighted by molar-refractivity contribution is -0.136. The fraction of sp³-hybridized carbons (Fsp3) is 0.167. The summed E-state index contributed by atoms with van der Waals surface area (Å²) in [5.41, 5.74) is 5.72. The van der Waals surface area contributed by atoms with Crippen molar-refractivity contribution in [2.45, 2.75) is 26.2 Å². The minimum absolute atomic E-state index is 0.122. The number of carbonyl (C=O) groups excluding carboxylic acids is 1. The summed E-state index contributed by atoms with van der Waals surface area (Å²) in [6, 6.07) is 34.1. The average Bonchev–Trinajstić information content (AvgIpc) is 2.85. The van der Waals surface area contributed by atoms with Crippen molar-refractivity contribution in [1.29, 1.82) is 0 Å². The Bertz CT molecular complexity index is 1190. The van der Waals surface area contributed by atoms with Gasteiger partial charge in [-0.05, 0) is 53.4 Å². The Kier molecular flexibility index (Phi) is 6.60. The molecule has 0 saturated heterocycles. The summed E-state index contributed by atoms with van der Waals surface area (Å²) in [6.07, 6.45) is 0. The van der Waals surface area contributed by atoms with Gasteiger partial charge < -0.3 is 9.47 Å². The molecule has 166 valence electrons. The molecular formula is C30H28O3. The van der Waals surface area contributed by atoms with Crippen LogP contribution in [0.1, 0.15) is 30.5 Å². The van der Waals surface area contributed by atoms with Crippen molar-refractivity contribution >= 4 is 5.97 Å².